The molecule has 1 aliphatic rings. The molecule has 20 heavy (non-hydrogen) atoms. The van der Waals surface area contributed by atoms with Crippen molar-refractivity contribution in [1.82, 2.24) is 4.90 Å². The first kappa shape index (κ1) is 14.1. The van der Waals surface area contributed by atoms with E-state index < -0.39 is 0 Å². The van der Waals surface area contributed by atoms with Crippen molar-refractivity contribution in [3.63, 3.8) is 0 Å². The van der Waals surface area contributed by atoms with Crippen molar-refractivity contribution >= 4 is 48.5 Å². The van der Waals surface area contributed by atoms with Gasteiger partial charge >= 0.3 is 0 Å². The van der Waals surface area contributed by atoms with Gasteiger partial charge in [-0.15, -0.1) is 0 Å². The molecular weight excluding hydrogens is 382 g/mol. The Kier molecular flexibility index (Phi) is 4.13. The Morgan fingerprint density at radius 2 is 1.95 bits per heavy atom. The molecule has 1 unspecified atom stereocenters. The largest absolute Gasteiger partial charge is 0.338 e. The fraction of sp³-hybridized carbons (Fsp3) is 0.312. The highest BCUT2D eigenvalue weighted by molar-refractivity contribution is 9.10. The van der Waals surface area contributed by atoms with Crippen molar-refractivity contribution in [1.29, 1.82) is 0 Å². The minimum Gasteiger partial charge on any atom is -0.338 e. The number of likely N-dealkylation sites (tertiary alicyclic amines) is 1. The van der Waals surface area contributed by atoms with Crippen molar-refractivity contribution in [2.75, 3.05) is 18.4 Å². The van der Waals surface area contributed by atoms with Gasteiger partial charge in [-0.05, 0) is 47.4 Å². The molecule has 1 fully saturated rings. The van der Waals surface area contributed by atoms with Crippen LogP contribution in [0.3, 0.4) is 0 Å². The second-order valence-corrected chi connectivity index (χ2v) is 6.83. The second-order valence-electron chi connectivity index (χ2n) is 5.27. The van der Waals surface area contributed by atoms with Crippen molar-refractivity contribution in [2.24, 2.45) is 5.92 Å². The molecular formula is C16H15Br2NO. The number of halogens is 2. The Hall–Kier alpha value is -0.870. The van der Waals surface area contributed by atoms with Crippen LogP contribution in [0.2, 0.25) is 0 Å². The maximum absolute atomic E-state index is 12.5. The van der Waals surface area contributed by atoms with Gasteiger partial charge < -0.3 is 4.90 Å². The normalized spacial score (nSPS) is 18.7. The lowest BCUT2D eigenvalue weighted by molar-refractivity contribution is 0.0788. The topological polar surface area (TPSA) is 20.3 Å². The van der Waals surface area contributed by atoms with Gasteiger partial charge in [-0.1, -0.05) is 44.0 Å². The number of amides is 1. The molecule has 104 valence electrons. The van der Waals surface area contributed by atoms with E-state index in [1.165, 1.54) is 0 Å². The Morgan fingerprint density at radius 1 is 1.20 bits per heavy atom. The van der Waals surface area contributed by atoms with E-state index in [-0.39, 0.29) is 5.91 Å². The van der Waals surface area contributed by atoms with Crippen molar-refractivity contribution in [3.8, 4) is 0 Å². The van der Waals surface area contributed by atoms with Gasteiger partial charge in [-0.2, -0.15) is 0 Å². The predicted octanol–water partition coefficient (Wildman–Crippen LogP) is 4.46. The molecule has 1 atom stereocenters. The molecule has 0 N–H and O–H groups in total. The van der Waals surface area contributed by atoms with E-state index in [1.54, 1.807) is 0 Å². The third kappa shape index (κ3) is 2.77. The Labute approximate surface area is 135 Å². The summed E-state index contributed by atoms with van der Waals surface area (Å²) in [4.78, 5) is 14.5. The van der Waals surface area contributed by atoms with E-state index in [4.69, 9.17) is 0 Å². The number of hydrogen-bond donors (Lipinski definition) is 0. The van der Waals surface area contributed by atoms with E-state index in [0.717, 1.165) is 45.6 Å². The molecule has 0 spiro atoms. The van der Waals surface area contributed by atoms with E-state index in [2.05, 4.69) is 37.9 Å². The van der Waals surface area contributed by atoms with Gasteiger partial charge in [-0.25, -0.2) is 0 Å². The summed E-state index contributed by atoms with van der Waals surface area (Å²) in [6.45, 7) is 1.73. The highest BCUT2D eigenvalue weighted by atomic mass is 79.9. The maximum Gasteiger partial charge on any atom is 0.253 e. The summed E-state index contributed by atoms with van der Waals surface area (Å²) < 4.78 is 1.06. The molecule has 0 radical (unpaired) electrons. The summed E-state index contributed by atoms with van der Waals surface area (Å²) in [5, 5.41) is 3.23. The highest BCUT2D eigenvalue weighted by Crippen LogP contribution is 2.24. The first-order valence-electron chi connectivity index (χ1n) is 6.72. The SMILES string of the molecule is O=C(c1ccc2cc(Br)ccc2c1)N1CCC(CBr)C1. The number of carbonyl (C=O) groups is 1. The molecule has 2 aromatic carbocycles. The van der Waals surface area contributed by atoms with Gasteiger partial charge in [0, 0.05) is 28.5 Å². The first-order chi connectivity index (χ1) is 9.67. The highest BCUT2D eigenvalue weighted by Gasteiger charge is 2.26. The van der Waals surface area contributed by atoms with Gasteiger partial charge in [-0.3, -0.25) is 4.79 Å². The fourth-order valence-corrected chi connectivity index (χ4v) is 3.58. The van der Waals surface area contributed by atoms with Crippen LogP contribution in [0.4, 0.5) is 0 Å². The molecule has 4 heteroatoms. The average Bonchev–Trinajstić information content (AvgIpc) is 2.95. The molecule has 0 aromatic heterocycles. The van der Waals surface area contributed by atoms with Crippen LogP contribution in [0.15, 0.2) is 40.9 Å². The number of fused-ring (bicyclic) bond motifs is 1. The van der Waals surface area contributed by atoms with Crippen LogP contribution in [0.1, 0.15) is 16.8 Å². The molecule has 0 saturated carbocycles. The van der Waals surface area contributed by atoms with Crippen LogP contribution in [0.25, 0.3) is 10.8 Å². The van der Waals surface area contributed by atoms with E-state index >= 15 is 0 Å². The second kappa shape index (κ2) is 5.86. The summed E-state index contributed by atoms with van der Waals surface area (Å²) in [5.74, 6) is 0.744. The predicted molar refractivity (Wildman–Crippen MR) is 89.5 cm³/mol. The molecule has 3 rings (SSSR count). The summed E-state index contributed by atoms with van der Waals surface area (Å²) >= 11 is 6.97. The van der Waals surface area contributed by atoms with Gasteiger partial charge in [0.1, 0.15) is 0 Å². The molecule has 1 amide bonds. The van der Waals surface area contributed by atoms with Crippen LogP contribution in [0.5, 0.6) is 0 Å². The Morgan fingerprint density at radius 3 is 2.70 bits per heavy atom. The lowest BCUT2D eigenvalue weighted by atomic mass is 10.1. The van der Waals surface area contributed by atoms with Crippen LogP contribution >= 0.6 is 31.9 Å². The van der Waals surface area contributed by atoms with Crippen molar-refractivity contribution in [3.05, 3.63) is 46.4 Å². The molecule has 1 aliphatic heterocycles. The minimum atomic E-state index is 0.151. The average molecular weight is 397 g/mol. The zero-order valence-corrected chi connectivity index (χ0v) is 14.2. The molecule has 0 bridgehead atoms. The van der Waals surface area contributed by atoms with E-state index in [9.17, 15) is 4.79 Å². The van der Waals surface area contributed by atoms with Gasteiger partial charge in [0.2, 0.25) is 0 Å². The third-order valence-electron chi connectivity index (χ3n) is 3.84. The summed E-state index contributed by atoms with van der Waals surface area (Å²) in [6.07, 6.45) is 1.09. The van der Waals surface area contributed by atoms with Crippen molar-refractivity contribution < 1.29 is 4.79 Å². The molecule has 0 aliphatic carbocycles. The smallest absolute Gasteiger partial charge is 0.253 e. The number of hydrogen-bond acceptors (Lipinski definition) is 1. The molecule has 2 nitrogen and oxygen atoms in total. The van der Waals surface area contributed by atoms with Crippen LogP contribution in [0, 0.1) is 5.92 Å². The zero-order chi connectivity index (χ0) is 14.1. The number of alkyl halides is 1. The summed E-state index contributed by atoms with van der Waals surface area (Å²) in [6, 6.07) is 12.1. The lowest BCUT2D eigenvalue weighted by Crippen LogP contribution is -2.28. The summed E-state index contributed by atoms with van der Waals surface area (Å²) in [5.41, 5.74) is 0.787. The Bertz CT molecular complexity index is 656. The maximum atomic E-state index is 12.5. The van der Waals surface area contributed by atoms with Crippen molar-refractivity contribution in [2.45, 2.75) is 6.42 Å². The zero-order valence-electron chi connectivity index (χ0n) is 11.0. The number of nitrogens with zero attached hydrogens (tertiary/aromatic N) is 1. The van der Waals surface area contributed by atoms with Gasteiger partial charge in [0.15, 0.2) is 0 Å². The van der Waals surface area contributed by atoms with Crippen LogP contribution < -0.4 is 0 Å². The van der Waals surface area contributed by atoms with Gasteiger partial charge in [0.25, 0.3) is 5.91 Å². The number of carbonyl (C=O) groups excluding carboxylic acids is 1. The Balaban J connectivity index is 1.87. The fourth-order valence-electron chi connectivity index (χ4n) is 2.68. The molecule has 2 aromatic rings. The third-order valence-corrected chi connectivity index (χ3v) is 5.25. The number of rotatable bonds is 2. The first-order valence-corrected chi connectivity index (χ1v) is 8.63. The standard InChI is InChI=1S/C16H15Br2NO/c17-9-11-5-6-19(10-11)16(20)14-2-1-13-8-15(18)4-3-12(13)7-14/h1-4,7-8,11H,5-6,9-10H2. The van der Waals surface area contributed by atoms with Gasteiger partial charge in [0.05, 0.1) is 0 Å². The number of benzene rings is 2. The molecule has 1 saturated heterocycles. The molecule has 1 heterocycles. The lowest BCUT2D eigenvalue weighted by Gasteiger charge is -2.16. The van der Waals surface area contributed by atoms with Crippen LogP contribution in [-0.4, -0.2) is 29.2 Å². The quantitative estimate of drug-likeness (QED) is 0.686. The van der Waals surface area contributed by atoms with E-state index in [1.807, 2.05) is 35.2 Å². The monoisotopic (exact) mass is 395 g/mol. The van der Waals surface area contributed by atoms with Crippen LogP contribution in [-0.2, 0) is 0 Å². The van der Waals surface area contributed by atoms with E-state index in [0.29, 0.717) is 5.92 Å². The minimum absolute atomic E-state index is 0.151. The summed E-state index contributed by atoms with van der Waals surface area (Å²) in [7, 11) is 0.